The molecule has 5 aromatic rings. The molecule has 0 radical (unpaired) electrons. The van der Waals surface area contributed by atoms with Crippen LogP contribution in [0.3, 0.4) is 0 Å². The molecule has 0 aliphatic heterocycles. The van der Waals surface area contributed by atoms with Crippen LogP contribution in [0.4, 0.5) is 11.4 Å². The van der Waals surface area contributed by atoms with Crippen LogP contribution in [0.25, 0.3) is 16.9 Å². The molecule has 39 heavy (non-hydrogen) atoms. The molecule has 8 heteroatoms. The van der Waals surface area contributed by atoms with Gasteiger partial charge in [-0.25, -0.2) is 9.67 Å². The van der Waals surface area contributed by atoms with Gasteiger partial charge in [0.05, 0.1) is 22.5 Å². The molecular weight excluding hydrogens is 506 g/mol. The van der Waals surface area contributed by atoms with Crippen LogP contribution < -0.4 is 4.80 Å². The zero-order valence-corrected chi connectivity index (χ0v) is 23.4. The third kappa shape index (κ3) is 5.37. The summed E-state index contributed by atoms with van der Waals surface area (Å²) >= 11 is 1.48. The number of nitro groups is 1. The van der Waals surface area contributed by atoms with Gasteiger partial charge in [0, 0.05) is 45.7 Å². The average Bonchev–Trinajstić information content (AvgIpc) is 3.44. The van der Waals surface area contributed by atoms with E-state index in [1.54, 1.807) is 16.8 Å². The largest absolute Gasteiger partial charge is 0.318 e. The normalized spacial score (nSPS) is 12.0. The molecule has 0 aliphatic carbocycles. The second-order valence-corrected chi connectivity index (χ2v) is 10.5. The van der Waals surface area contributed by atoms with E-state index in [1.807, 2.05) is 17.7 Å². The first-order valence-electron chi connectivity index (χ1n) is 12.6. The van der Waals surface area contributed by atoms with Crippen molar-refractivity contribution < 1.29 is 4.92 Å². The van der Waals surface area contributed by atoms with Crippen LogP contribution in [0.15, 0.2) is 88.3 Å². The number of aryl methyl sites for hydroxylation is 4. The standard InChI is InChI=1S/C31H29N5O2S/c1-20-6-12-28(13-7-20)34-23(4)17-26(24(34)5)18-32-35-30(25-9-14-29(15-10-25)36(37)38)19-39-31(35)33-27-11-8-21(2)22(3)16-27/h6-19H,1-5H3. The third-order valence-corrected chi connectivity index (χ3v) is 7.67. The van der Waals surface area contributed by atoms with E-state index >= 15 is 0 Å². The number of hydrogen-bond donors (Lipinski definition) is 0. The molecule has 0 atom stereocenters. The topological polar surface area (TPSA) is 77.7 Å². The Kier molecular flexibility index (Phi) is 7.13. The van der Waals surface area contributed by atoms with Crippen LogP contribution in [-0.2, 0) is 0 Å². The van der Waals surface area contributed by atoms with Crippen LogP contribution >= 0.6 is 11.3 Å². The lowest BCUT2D eigenvalue weighted by atomic mass is 10.1. The molecule has 0 aliphatic rings. The first-order valence-corrected chi connectivity index (χ1v) is 13.5. The van der Waals surface area contributed by atoms with Crippen molar-refractivity contribution in [2.24, 2.45) is 10.1 Å². The summed E-state index contributed by atoms with van der Waals surface area (Å²) < 4.78 is 4.02. The van der Waals surface area contributed by atoms with Crippen LogP contribution in [0.2, 0.25) is 0 Å². The fourth-order valence-electron chi connectivity index (χ4n) is 4.48. The summed E-state index contributed by atoms with van der Waals surface area (Å²) in [6.07, 6.45) is 1.86. The number of non-ortho nitro benzene ring substituents is 1. The summed E-state index contributed by atoms with van der Waals surface area (Å²) in [4.78, 5) is 16.4. The number of aromatic nitrogens is 2. The Labute approximate surface area is 231 Å². The Morgan fingerprint density at radius 1 is 0.872 bits per heavy atom. The molecule has 0 N–H and O–H groups in total. The highest BCUT2D eigenvalue weighted by molar-refractivity contribution is 7.07. The van der Waals surface area contributed by atoms with Crippen molar-refractivity contribution in [1.82, 2.24) is 9.24 Å². The molecule has 2 aromatic heterocycles. The molecule has 0 saturated heterocycles. The minimum atomic E-state index is -0.395. The first kappa shape index (κ1) is 26.1. The van der Waals surface area contributed by atoms with Gasteiger partial charge in [0.25, 0.3) is 5.69 Å². The van der Waals surface area contributed by atoms with Crippen LogP contribution in [0.5, 0.6) is 0 Å². The van der Waals surface area contributed by atoms with Gasteiger partial charge in [-0.05, 0) is 88.2 Å². The fourth-order valence-corrected chi connectivity index (χ4v) is 5.33. The van der Waals surface area contributed by atoms with Crippen molar-refractivity contribution in [3.05, 3.63) is 127 Å². The summed E-state index contributed by atoms with van der Waals surface area (Å²) in [5.74, 6) is 0. The maximum atomic E-state index is 11.2. The number of rotatable bonds is 6. The maximum Gasteiger partial charge on any atom is 0.269 e. The maximum absolute atomic E-state index is 11.2. The van der Waals surface area contributed by atoms with Crippen molar-refractivity contribution >= 4 is 28.9 Å². The minimum Gasteiger partial charge on any atom is -0.318 e. The smallest absolute Gasteiger partial charge is 0.269 e. The van der Waals surface area contributed by atoms with Gasteiger partial charge in [0.15, 0.2) is 0 Å². The van der Waals surface area contributed by atoms with Crippen molar-refractivity contribution in [2.75, 3.05) is 0 Å². The van der Waals surface area contributed by atoms with E-state index in [-0.39, 0.29) is 5.69 Å². The summed E-state index contributed by atoms with van der Waals surface area (Å²) in [7, 11) is 0. The second kappa shape index (κ2) is 10.7. The van der Waals surface area contributed by atoms with E-state index in [0.29, 0.717) is 4.80 Å². The van der Waals surface area contributed by atoms with E-state index in [4.69, 9.17) is 10.1 Å². The quantitative estimate of drug-likeness (QED) is 0.128. The lowest BCUT2D eigenvalue weighted by molar-refractivity contribution is -0.384. The van der Waals surface area contributed by atoms with E-state index in [1.165, 1.54) is 40.2 Å². The van der Waals surface area contributed by atoms with Crippen molar-refractivity contribution in [2.45, 2.75) is 34.6 Å². The molecule has 0 fully saturated rings. The number of benzene rings is 3. The molecule has 5 rings (SSSR count). The molecule has 0 saturated carbocycles. The SMILES string of the molecule is Cc1ccc(-n2c(C)cc(C=Nn3c(-c4ccc([N+](=O)[O-])cc4)csc3=Nc3ccc(C)c(C)c3)c2C)cc1. The Morgan fingerprint density at radius 2 is 1.59 bits per heavy atom. The lowest BCUT2D eigenvalue weighted by Gasteiger charge is -2.10. The average molecular weight is 536 g/mol. The van der Waals surface area contributed by atoms with Gasteiger partial charge in [0.1, 0.15) is 0 Å². The molecular formula is C31H29N5O2S. The predicted octanol–water partition coefficient (Wildman–Crippen LogP) is 7.57. The molecule has 2 heterocycles. The van der Waals surface area contributed by atoms with E-state index in [9.17, 15) is 10.1 Å². The minimum absolute atomic E-state index is 0.0487. The van der Waals surface area contributed by atoms with E-state index < -0.39 is 4.92 Å². The Bertz CT molecular complexity index is 1770. The highest BCUT2D eigenvalue weighted by Gasteiger charge is 2.13. The predicted molar refractivity (Wildman–Crippen MR) is 159 cm³/mol. The van der Waals surface area contributed by atoms with Crippen LogP contribution in [-0.4, -0.2) is 20.4 Å². The lowest BCUT2D eigenvalue weighted by Crippen LogP contribution is -2.11. The number of hydrogen-bond acceptors (Lipinski definition) is 5. The zero-order chi connectivity index (χ0) is 27.7. The number of nitrogens with zero attached hydrogens (tertiary/aromatic N) is 5. The molecule has 3 aromatic carbocycles. The van der Waals surface area contributed by atoms with Crippen LogP contribution in [0, 0.1) is 44.7 Å². The van der Waals surface area contributed by atoms with Gasteiger partial charge in [-0.15, -0.1) is 11.3 Å². The third-order valence-electron chi connectivity index (χ3n) is 6.85. The van der Waals surface area contributed by atoms with Crippen molar-refractivity contribution in [3.8, 4) is 16.9 Å². The van der Waals surface area contributed by atoms with Crippen molar-refractivity contribution in [3.63, 3.8) is 0 Å². The van der Waals surface area contributed by atoms with Crippen LogP contribution in [0.1, 0.15) is 33.6 Å². The summed E-state index contributed by atoms with van der Waals surface area (Å²) in [5, 5.41) is 18.0. The van der Waals surface area contributed by atoms with Gasteiger partial charge >= 0.3 is 0 Å². The van der Waals surface area contributed by atoms with Gasteiger partial charge in [-0.2, -0.15) is 5.10 Å². The summed E-state index contributed by atoms with van der Waals surface area (Å²) in [6.45, 7) is 10.4. The highest BCUT2D eigenvalue weighted by Crippen LogP contribution is 2.25. The number of thiazole rings is 1. The Hall–Kier alpha value is -4.56. The molecule has 0 amide bonds. The van der Waals surface area contributed by atoms with Gasteiger partial charge in [-0.3, -0.25) is 10.1 Å². The van der Waals surface area contributed by atoms with Gasteiger partial charge in [-0.1, -0.05) is 23.8 Å². The van der Waals surface area contributed by atoms with Gasteiger partial charge < -0.3 is 4.57 Å². The Balaban J connectivity index is 1.61. The molecule has 196 valence electrons. The Morgan fingerprint density at radius 3 is 2.26 bits per heavy atom. The molecule has 7 nitrogen and oxygen atoms in total. The summed E-state index contributed by atoms with van der Waals surface area (Å²) in [5.41, 5.74) is 10.4. The first-order chi connectivity index (χ1) is 18.7. The highest BCUT2D eigenvalue weighted by atomic mass is 32.1. The zero-order valence-electron chi connectivity index (χ0n) is 22.5. The van der Waals surface area contributed by atoms with Crippen molar-refractivity contribution in [1.29, 1.82) is 0 Å². The number of nitro benzene ring substituents is 1. The van der Waals surface area contributed by atoms with E-state index in [2.05, 4.69) is 81.7 Å². The van der Waals surface area contributed by atoms with E-state index in [0.717, 1.165) is 39.6 Å². The monoisotopic (exact) mass is 535 g/mol. The fraction of sp³-hybridized carbons (Fsp3) is 0.161. The van der Waals surface area contributed by atoms with Gasteiger partial charge in [0.2, 0.25) is 4.80 Å². The molecule has 0 unspecified atom stereocenters. The summed E-state index contributed by atoms with van der Waals surface area (Å²) in [6, 6.07) is 23.2. The molecule has 0 bridgehead atoms. The second-order valence-electron chi connectivity index (χ2n) is 9.64. The molecule has 0 spiro atoms.